The molecule has 0 bridgehead atoms. The second-order valence-corrected chi connectivity index (χ2v) is 6.18. The largest absolute Gasteiger partial charge is 0.454 e. The van der Waals surface area contributed by atoms with Crippen LogP contribution in [0, 0.1) is 27.7 Å². The monoisotopic (exact) mass is 319 g/mol. The van der Waals surface area contributed by atoms with Crippen LogP contribution in [0.15, 0.2) is 42.5 Å². The second-order valence-electron chi connectivity index (χ2n) is 6.18. The average Bonchev–Trinajstić information content (AvgIpc) is 2.52. The summed E-state index contributed by atoms with van der Waals surface area (Å²) in [6.07, 6.45) is 0. The Kier molecular flexibility index (Phi) is 4.21. The molecule has 0 saturated heterocycles. The molecule has 0 amide bonds. The van der Waals surface area contributed by atoms with Crippen molar-refractivity contribution in [3.8, 4) is 22.8 Å². The van der Waals surface area contributed by atoms with Crippen molar-refractivity contribution >= 4 is 5.82 Å². The molecule has 3 rings (SSSR count). The lowest BCUT2D eigenvalue weighted by molar-refractivity contribution is 0.473. The minimum Gasteiger partial charge on any atom is -0.454 e. The fourth-order valence-corrected chi connectivity index (χ4v) is 2.82. The van der Waals surface area contributed by atoms with Crippen LogP contribution in [0.25, 0.3) is 11.3 Å². The topological polar surface area (TPSA) is 61.0 Å². The third-order valence-corrected chi connectivity index (χ3v) is 3.92. The van der Waals surface area contributed by atoms with Crippen LogP contribution in [0.1, 0.15) is 22.3 Å². The number of benzene rings is 2. The highest BCUT2D eigenvalue weighted by Gasteiger charge is 2.14. The first kappa shape index (κ1) is 16.0. The van der Waals surface area contributed by atoms with Gasteiger partial charge in [0, 0.05) is 11.6 Å². The van der Waals surface area contributed by atoms with Gasteiger partial charge in [-0.2, -0.15) is 0 Å². The minimum atomic E-state index is 0.336. The number of aryl methyl sites for hydroxylation is 4. The molecule has 0 aliphatic rings. The van der Waals surface area contributed by atoms with Gasteiger partial charge in [-0.25, -0.2) is 0 Å². The first-order valence-corrected chi connectivity index (χ1v) is 7.90. The summed E-state index contributed by atoms with van der Waals surface area (Å²) in [5, 5.41) is 8.24. The van der Waals surface area contributed by atoms with Crippen molar-refractivity contribution in [2.24, 2.45) is 0 Å². The lowest BCUT2D eigenvalue weighted by atomic mass is 10.1. The highest BCUT2D eigenvalue weighted by atomic mass is 16.5. The highest BCUT2D eigenvalue weighted by molar-refractivity contribution is 5.68. The number of hydrogen-bond donors (Lipinski definition) is 1. The molecule has 24 heavy (non-hydrogen) atoms. The van der Waals surface area contributed by atoms with E-state index in [0.29, 0.717) is 17.3 Å². The van der Waals surface area contributed by atoms with Crippen molar-refractivity contribution in [1.82, 2.24) is 10.2 Å². The molecular weight excluding hydrogens is 298 g/mol. The van der Waals surface area contributed by atoms with Crippen molar-refractivity contribution in [2.75, 3.05) is 5.73 Å². The Morgan fingerprint density at radius 1 is 0.792 bits per heavy atom. The van der Waals surface area contributed by atoms with Gasteiger partial charge in [0.2, 0.25) is 0 Å². The van der Waals surface area contributed by atoms with E-state index in [2.05, 4.69) is 36.2 Å². The maximum atomic E-state index is 6.21. The number of aromatic nitrogens is 2. The summed E-state index contributed by atoms with van der Waals surface area (Å²) in [5.41, 5.74) is 12.0. The number of ether oxygens (including phenoxy) is 1. The molecule has 0 radical (unpaired) electrons. The van der Waals surface area contributed by atoms with Crippen molar-refractivity contribution in [2.45, 2.75) is 27.7 Å². The summed E-state index contributed by atoms with van der Waals surface area (Å²) in [4.78, 5) is 0. The van der Waals surface area contributed by atoms with Crippen LogP contribution in [0.3, 0.4) is 0 Å². The zero-order valence-electron chi connectivity index (χ0n) is 14.4. The number of nitrogen functional groups attached to an aromatic ring is 1. The molecule has 0 atom stereocenters. The van der Waals surface area contributed by atoms with E-state index < -0.39 is 0 Å². The molecule has 0 spiro atoms. The van der Waals surface area contributed by atoms with Crippen LogP contribution in [-0.4, -0.2) is 10.2 Å². The fourth-order valence-electron chi connectivity index (χ4n) is 2.82. The molecule has 1 aromatic heterocycles. The first-order valence-electron chi connectivity index (χ1n) is 7.90. The zero-order chi connectivity index (χ0) is 17.3. The molecular formula is C20H21N3O. The van der Waals surface area contributed by atoms with Crippen LogP contribution in [0.5, 0.6) is 11.5 Å². The number of nitrogens with zero attached hydrogens (tertiary/aromatic N) is 2. The van der Waals surface area contributed by atoms with Gasteiger partial charge < -0.3 is 10.5 Å². The second kappa shape index (κ2) is 6.32. The van der Waals surface area contributed by atoms with E-state index in [0.717, 1.165) is 22.4 Å². The van der Waals surface area contributed by atoms with Crippen molar-refractivity contribution < 1.29 is 4.74 Å². The maximum absolute atomic E-state index is 6.21. The predicted molar refractivity (Wildman–Crippen MR) is 97.3 cm³/mol. The first-order chi connectivity index (χ1) is 11.4. The van der Waals surface area contributed by atoms with E-state index in [-0.39, 0.29) is 0 Å². The Morgan fingerprint density at radius 3 is 2.04 bits per heavy atom. The summed E-state index contributed by atoms with van der Waals surface area (Å²) in [6.45, 7) is 8.21. The quantitative estimate of drug-likeness (QED) is 0.756. The van der Waals surface area contributed by atoms with Crippen LogP contribution < -0.4 is 10.5 Å². The fraction of sp³-hybridized carbons (Fsp3) is 0.200. The maximum Gasteiger partial charge on any atom is 0.159 e. The smallest absolute Gasteiger partial charge is 0.159 e. The Bertz CT molecular complexity index is 863. The molecule has 0 aliphatic carbocycles. The van der Waals surface area contributed by atoms with Gasteiger partial charge in [-0.05, 0) is 38.8 Å². The normalized spacial score (nSPS) is 10.7. The van der Waals surface area contributed by atoms with E-state index in [1.165, 1.54) is 11.1 Å². The van der Waals surface area contributed by atoms with Crippen LogP contribution >= 0.6 is 0 Å². The van der Waals surface area contributed by atoms with Gasteiger partial charge in [0.15, 0.2) is 5.75 Å². The average molecular weight is 319 g/mol. The molecule has 0 unspecified atom stereocenters. The Labute approximate surface area is 142 Å². The van der Waals surface area contributed by atoms with E-state index in [1.54, 1.807) is 6.07 Å². The Balaban J connectivity index is 2.08. The lowest BCUT2D eigenvalue weighted by Crippen LogP contribution is -2.00. The lowest BCUT2D eigenvalue weighted by Gasteiger charge is -2.15. The Hall–Kier alpha value is -2.88. The summed E-state index contributed by atoms with van der Waals surface area (Å²) >= 11 is 0. The molecule has 2 aromatic carbocycles. The number of nitrogens with two attached hydrogens (primary N) is 1. The predicted octanol–water partition coefficient (Wildman–Crippen LogP) is 4.75. The van der Waals surface area contributed by atoms with Crippen molar-refractivity contribution in [3.63, 3.8) is 0 Å². The van der Waals surface area contributed by atoms with E-state index in [9.17, 15) is 0 Å². The molecule has 2 N–H and O–H groups in total. The zero-order valence-corrected chi connectivity index (χ0v) is 14.4. The van der Waals surface area contributed by atoms with E-state index >= 15 is 0 Å². The third-order valence-electron chi connectivity index (χ3n) is 3.92. The van der Waals surface area contributed by atoms with Crippen molar-refractivity contribution in [1.29, 1.82) is 0 Å². The highest BCUT2D eigenvalue weighted by Crippen LogP contribution is 2.35. The number of rotatable bonds is 3. The molecule has 0 fully saturated rings. The molecule has 122 valence electrons. The third kappa shape index (κ3) is 3.23. The van der Waals surface area contributed by atoms with Crippen LogP contribution in [-0.2, 0) is 0 Å². The molecule has 0 aliphatic heterocycles. The molecule has 0 saturated carbocycles. The summed E-state index contributed by atoms with van der Waals surface area (Å²) in [7, 11) is 0. The molecule has 3 aromatic rings. The van der Waals surface area contributed by atoms with Crippen molar-refractivity contribution in [3.05, 3.63) is 64.7 Å². The van der Waals surface area contributed by atoms with Gasteiger partial charge in [-0.1, -0.05) is 47.5 Å². The van der Waals surface area contributed by atoms with Gasteiger partial charge in [0.05, 0.1) is 0 Å². The standard InChI is InChI=1S/C20H21N3O/c1-12-5-7-16(8-6-12)19-17(11-18(21)22-23-19)24-20-14(3)9-13(2)10-15(20)4/h5-11H,1-4H3,(H2,21,22). The van der Waals surface area contributed by atoms with E-state index in [4.69, 9.17) is 10.5 Å². The Morgan fingerprint density at radius 2 is 1.42 bits per heavy atom. The summed E-state index contributed by atoms with van der Waals surface area (Å²) in [6, 6.07) is 14.0. The van der Waals surface area contributed by atoms with Gasteiger partial charge in [0.1, 0.15) is 17.3 Å². The molecule has 4 heteroatoms. The van der Waals surface area contributed by atoms with E-state index in [1.807, 2.05) is 38.1 Å². The van der Waals surface area contributed by atoms with Gasteiger partial charge in [-0.15, -0.1) is 10.2 Å². The van der Waals surface area contributed by atoms with Gasteiger partial charge >= 0.3 is 0 Å². The number of anilines is 1. The minimum absolute atomic E-state index is 0.336. The van der Waals surface area contributed by atoms with Crippen LogP contribution in [0.2, 0.25) is 0 Å². The van der Waals surface area contributed by atoms with Crippen LogP contribution in [0.4, 0.5) is 5.82 Å². The summed E-state index contributed by atoms with van der Waals surface area (Å²) in [5.74, 6) is 1.78. The molecule has 1 heterocycles. The SMILES string of the molecule is Cc1ccc(-c2nnc(N)cc2Oc2c(C)cc(C)cc2C)cc1. The van der Waals surface area contributed by atoms with Gasteiger partial charge in [-0.3, -0.25) is 0 Å². The number of hydrogen-bond acceptors (Lipinski definition) is 4. The molecule has 4 nitrogen and oxygen atoms in total. The van der Waals surface area contributed by atoms with Gasteiger partial charge in [0.25, 0.3) is 0 Å². The summed E-state index contributed by atoms with van der Waals surface area (Å²) < 4.78 is 6.21.